The molecule has 3 aromatic rings. The Labute approximate surface area is 222 Å². The maximum Gasteiger partial charge on any atom is 0.259 e. The molecule has 2 aromatic carbocycles. The molecule has 0 atom stereocenters. The minimum atomic E-state index is -3.70. The maximum absolute atomic E-state index is 13.6. The highest BCUT2D eigenvalue weighted by Gasteiger charge is 2.28. The fourth-order valence-corrected chi connectivity index (χ4v) is 6.94. The molecule has 0 unspecified atom stereocenters. The topological polar surface area (TPSA) is 82.9 Å². The molecular weight excluding hydrogens is 512 g/mol. The van der Waals surface area contributed by atoms with Gasteiger partial charge in [0.05, 0.1) is 10.4 Å². The van der Waals surface area contributed by atoms with Crippen molar-refractivity contribution in [3.05, 3.63) is 69.5 Å². The van der Waals surface area contributed by atoms with Crippen LogP contribution in [0.3, 0.4) is 0 Å². The largest absolute Gasteiger partial charge is 0.368 e. The van der Waals surface area contributed by atoms with E-state index in [2.05, 4.69) is 4.90 Å². The van der Waals surface area contributed by atoms with Crippen LogP contribution in [0.2, 0.25) is 5.02 Å². The summed E-state index contributed by atoms with van der Waals surface area (Å²) in [6.07, 6.45) is 4.29. The number of carbonyl (C=O) groups excluding carboxylic acids is 1. The third-order valence-electron chi connectivity index (χ3n) is 7.32. The van der Waals surface area contributed by atoms with Crippen molar-refractivity contribution in [3.63, 3.8) is 0 Å². The van der Waals surface area contributed by atoms with Gasteiger partial charge in [0.25, 0.3) is 5.91 Å². The Morgan fingerprint density at radius 2 is 1.68 bits per heavy atom. The number of rotatable bonds is 5. The molecule has 0 saturated carbocycles. The van der Waals surface area contributed by atoms with Crippen LogP contribution in [0.4, 0.5) is 5.69 Å². The van der Waals surface area contributed by atoms with Crippen LogP contribution >= 0.6 is 11.6 Å². The molecule has 1 aromatic heterocycles. The molecule has 37 heavy (non-hydrogen) atoms. The number of sulfonamides is 1. The van der Waals surface area contributed by atoms with Gasteiger partial charge >= 0.3 is 0 Å². The van der Waals surface area contributed by atoms with Gasteiger partial charge in [0.15, 0.2) is 0 Å². The number of piperidine rings is 1. The normalized spacial score (nSPS) is 17.4. The predicted molar refractivity (Wildman–Crippen MR) is 146 cm³/mol. The van der Waals surface area contributed by atoms with Crippen LogP contribution in [0, 0.1) is 0 Å². The number of fused-ring (bicyclic) bond motifs is 1. The SMILES string of the molecule is CCn1cc(C(=O)N2CCN(c3cccc(Cl)c3)CC2)c(=O)c2cc(S(=O)(=O)N3CCCCC3)ccc21. The molecule has 2 saturated heterocycles. The minimum Gasteiger partial charge on any atom is -0.368 e. The van der Waals surface area contributed by atoms with E-state index in [9.17, 15) is 18.0 Å². The average molecular weight is 543 g/mol. The number of piperazine rings is 1. The zero-order valence-electron chi connectivity index (χ0n) is 20.9. The highest BCUT2D eigenvalue weighted by molar-refractivity contribution is 7.89. The van der Waals surface area contributed by atoms with Crippen LogP contribution in [0.5, 0.6) is 0 Å². The fourth-order valence-electron chi connectivity index (χ4n) is 5.22. The van der Waals surface area contributed by atoms with Crippen molar-refractivity contribution >= 4 is 44.1 Å². The Kier molecular flexibility index (Phi) is 7.29. The summed E-state index contributed by atoms with van der Waals surface area (Å²) in [5.74, 6) is -0.330. The summed E-state index contributed by atoms with van der Waals surface area (Å²) >= 11 is 6.13. The molecule has 0 bridgehead atoms. The highest BCUT2D eigenvalue weighted by atomic mass is 35.5. The Balaban J connectivity index is 1.44. The second kappa shape index (κ2) is 10.5. The van der Waals surface area contributed by atoms with Crippen molar-refractivity contribution in [2.24, 2.45) is 0 Å². The monoisotopic (exact) mass is 542 g/mol. The second-order valence-corrected chi connectivity index (χ2v) is 11.9. The summed E-state index contributed by atoms with van der Waals surface area (Å²) < 4.78 is 29.8. The zero-order chi connectivity index (χ0) is 26.2. The number of anilines is 1. The van der Waals surface area contributed by atoms with E-state index in [0.717, 1.165) is 24.9 Å². The second-order valence-electron chi connectivity index (χ2n) is 9.56. The molecule has 2 aliphatic rings. The van der Waals surface area contributed by atoms with Gasteiger partial charge in [-0.2, -0.15) is 4.31 Å². The number of halogens is 1. The van der Waals surface area contributed by atoms with Gasteiger partial charge in [-0.25, -0.2) is 8.42 Å². The lowest BCUT2D eigenvalue weighted by atomic mass is 10.1. The van der Waals surface area contributed by atoms with Crippen LogP contribution in [0.15, 0.2) is 58.4 Å². The molecule has 10 heteroatoms. The van der Waals surface area contributed by atoms with E-state index < -0.39 is 15.5 Å². The minimum absolute atomic E-state index is 0.0677. The van der Waals surface area contributed by atoms with Crippen LogP contribution in [-0.4, -0.2) is 67.4 Å². The van der Waals surface area contributed by atoms with E-state index in [0.29, 0.717) is 56.4 Å². The van der Waals surface area contributed by atoms with Crippen molar-refractivity contribution in [2.75, 3.05) is 44.2 Å². The fraction of sp³-hybridized carbons (Fsp3) is 0.407. The number of pyridine rings is 1. The standard InChI is InChI=1S/C27H31ClN4O4S/c1-2-29-19-24(27(34)31-15-13-30(14-16-31)21-8-6-7-20(28)17-21)26(33)23-18-22(9-10-25(23)29)37(35,36)32-11-4-3-5-12-32/h6-10,17-19H,2-5,11-16H2,1H3. The molecular formula is C27H31ClN4O4S. The zero-order valence-corrected chi connectivity index (χ0v) is 22.5. The molecule has 0 N–H and O–H groups in total. The van der Waals surface area contributed by atoms with E-state index >= 15 is 0 Å². The molecule has 2 aliphatic heterocycles. The van der Waals surface area contributed by atoms with E-state index in [-0.39, 0.29) is 21.8 Å². The quantitative estimate of drug-likeness (QED) is 0.489. The van der Waals surface area contributed by atoms with Gasteiger partial charge in [-0.3, -0.25) is 9.59 Å². The number of aromatic nitrogens is 1. The van der Waals surface area contributed by atoms with Crippen molar-refractivity contribution in [2.45, 2.75) is 37.6 Å². The summed E-state index contributed by atoms with van der Waals surface area (Å²) in [6.45, 7) is 5.63. The molecule has 1 amide bonds. The first-order chi connectivity index (χ1) is 17.8. The molecule has 8 nitrogen and oxygen atoms in total. The van der Waals surface area contributed by atoms with Crippen LogP contribution in [-0.2, 0) is 16.6 Å². The summed E-state index contributed by atoms with van der Waals surface area (Å²) in [5.41, 5.74) is 1.25. The van der Waals surface area contributed by atoms with Crippen molar-refractivity contribution in [1.82, 2.24) is 13.8 Å². The first kappa shape index (κ1) is 25.8. The Morgan fingerprint density at radius 1 is 0.946 bits per heavy atom. The summed E-state index contributed by atoms with van der Waals surface area (Å²) in [7, 11) is -3.70. The lowest BCUT2D eigenvalue weighted by Crippen LogP contribution is -2.49. The van der Waals surface area contributed by atoms with Crippen molar-refractivity contribution in [1.29, 1.82) is 0 Å². The molecule has 196 valence electrons. The lowest BCUT2D eigenvalue weighted by Gasteiger charge is -2.36. The molecule has 0 spiro atoms. The Bertz CT molecular complexity index is 1490. The van der Waals surface area contributed by atoms with Gasteiger partial charge in [-0.05, 0) is 56.2 Å². The highest BCUT2D eigenvalue weighted by Crippen LogP contribution is 2.25. The molecule has 2 fully saturated rings. The smallest absolute Gasteiger partial charge is 0.259 e. The summed E-state index contributed by atoms with van der Waals surface area (Å²) in [5, 5.41) is 0.914. The summed E-state index contributed by atoms with van der Waals surface area (Å²) in [4.78, 5) is 31.0. The first-order valence-corrected chi connectivity index (χ1v) is 14.6. The van der Waals surface area contributed by atoms with E-state index in [4.69, 9.17) is 11.6 Å². The van der Waals surface area contributed by atoms with Gasteiger partial charge < -0.3 is 14.4 Å². The number of hydrogen-bond donors (Lipinski definition) is 0. The first-order valence-electron chi connectivity index (χ1n) is 12.8. The van der Waals surface area contributed by atoms with Crippen molar-refractivity contribution < 1.29 is 13.2 Å². The van der Waals surface area contributed by atoms with E-state index in [1.807, 2.05) is 35.8 Å². The van der Waals surface area contributed by atoms with Crippen LogP contribution in [0.25, 0.3) is 10.9 Å². The van der Waals surface area contributed by atoms with Crippen molar-refractivity contribution in [3.8, 4) is 0 Å². The number of hydrogen-bond acceptors (Lipinski definition) is 5. The molecule has 3 heterocycles. The van der Waals surface area contributed by atoms with Gasteiger partial charge in [-0.15, -0.1) is 0 Å². The number of nitrogens with zero attached hydrogens (tertiary/aromatic N) is 4. The number of aryl methyl sites for hydroxylation is 1. The Hall–Kier alpha value is -2.88. The van der Waals surface area contributed by atoms with E-state index in [1.165, 1.54) is 10.4 Å². The maximum atomic E-state index is 13.6. The van der Waals surface area contributed by atoms with Gasteiger partial charge in [0, 0.05) is 68.1 Å². The number of benzene rings is 2. The number of carbonyl (C=O) groups is 1. The van der Waals surface area contributed by atoms with Gasteiger partial charge in [0.1, 0.15) is 5.56 Å². The van der Waals surface area contributed by atoms with E-state index in [1.54, 1.807) is 23.2 Å². The number of amides is 1. The Morgan fingerprint density at radius 3 is 2.35 bits per heavy atom. The predicted octanol–water partition coefficient (Wildman–Crippen LogP) is 3.81. The summed E-state index contributed by atoms with van der Waals surface area (Å²) in [6, 6.07) is 12.3. The van der Waals surface area contributed by atoms with Gasteiger partial charge in [-0.1, -0.05) is 24.1 Å². The van der Waals surface area contributed by atoms with Crippen LogP contribution in [0.1, 0.15) is 36.5 Å². The lowest BCUT2D eigenvalue weighted by molar-refractivity contribution is 0.0745. The average Bonchev–Trinajstić information content (AvgIpc) is 2.93. The molecule has 5 rings (SSSR count). The molecule has 0 aliphatic carbocycles. The molecule has 0 radical (unpaired) electrons. The third-order valence-corrected chi connectivity index (χ3v) is 9.45. The van der Waals surface area contributed by atoms with Gasteiger partial charge in [0.2, 0.25) is 15.5 Å². The van der Waals surface area contributed by atoms with Crippen LogP contribution < -0.4 is 10.3 Å². The third kappa shape index (κ3) is 5.00.